The fourth-order valence-electron chi connectivity index (χ4n) is 1.39. The Morgan fingerprint density at radius 1 is 0.938 bits per heavy atom. The van der Waals surface area contributed by atoms with Gasteiger partial charge in [-0.1, -0.05) is 13.8 Å². The van der Waals surface area contributed by atoms with Crippen molar-refractivity contribution in [1.82, 2.24) is 9.97 Å². The minimum absolute atomic E-state index is 0.127. The van der Waals surface area contributed by atoms with Crippen molar-refractivity contribution in [3.05, 3.63) is 29.1 Å². The molecule has 0 aliphatic carbocycles. The topological polar surface area (TPSA) is 28.7 Å². The summed E-state index contributed by atoms with van der Waals surface area (Å²) in [5, 5.41) is 0. The first-order chi connectivity index (χ1) is 7.43. The van der Waals surface area contributed by atoms with Crippen LogP contribution >= 0.6 is 0 Å². The summed E-state index contributed by atoms with van der Waals surface area (Å²) in [4.78, 5) is 6.14. The lowest BCUT2D eigenvalue weighted by molar-refractivity contribution is 0.417. The molecule has 0 bridgehead atoms. The average Bonchev–Trinajstić information content (AvgIpc) is 2.68. The predicted octanol–water partition coefficient (Wildman–Crippen LogP) is 3.24. The average molecular weight is 232 g/mol. The van der Waals surface area contributed by atoms with Crippen LogP contribution in [-0.4, -0.2) is 9.97 Å². The molecule has 0 atom stereocenters. The quantitative estimate of drug-likeness (QED) is 0.456. The van der Waals surface area contributed by atoms with Crippen molar-refractivity contribution in [2.75, 3.05) is 0 Å². The second kappa shape index (κ2) is 3.47. The molecule has 0 aliphatic heterocycles. The number of hydrogen-bond acceptors (Lipinski definition) is 1. The number of nitrogens with zero attached hydrogens (tertiary/aromatic N) is 1. The van der Waals surface area contributed by atoms with Gasteiger partial charge in [0, 0.05) is 5.92 Å². The van der Waals surface area contributed by atoms with E-state index in [-0.39, 0.29) is 11.7 Å². The van der Waals surface area contributed by atoms with Crippen molar-refractivity contribution < 1.29 is 17.6 Å². The van der Waals surface area contributed by atoms with Crippen LogP contribution in [0, 0.1) is 23.3 Å². The molecular weight excluding hydrogens is 224 g/mol. The van der Waals surface area contributed by atoms with E-state index >= 15 is 0 Å². The maximum absolute atomic E-state index is 13.3. The molecule has 2 nitrogen and oxygen atoms in total. The molecule has 0 radical (unpaired) electrons. The zero-order valence-electron chi connectivity index (χ0n) is 8.54. The second-order valence-electron chi connectivity index (χ2n) is 3.76. The molecule has 2 aromatic rings. The van der Waals surface area contributed by atoms with Crippen LogP contribution in [0.4, 0.5) is 17.6 Å². The Bertz CT molecular complexity index is 515. The van der Waals surface area contributed by atoms with Gasteiger partial charge in [0.25, 0.3) is 0 Å². The van der Waals surface area contributed by atoms with Gasteiger partial charge >= 0.3 is 0 Å². The zero-order valence-corrected chi connectivity index (χ0v) is 8.54. The van der Waals surface area contributed by atoms with E-state index in [2.05, 4.69) is 9.97 Å². The van der Waals surface area contributed by atoms with Crippen LogP contribution < -0.4 is 0 Å². The van der Waals surface area contributed by atoms with Gasteiger partial charge in [0.1, 0.15) is 16.9 Å². The van der Waals surface area contributed by atoms with E-state index in [1.807, 2.05) is 0 Å². The van der Waals surface area contributed by atoms with Crippen LogP contribution in [-0.2, 0) is 0 Å². The number of H-pyrrole nitrogens is 1. The molecule has 16 heavy (non-hydrogen) atoms. The van der Waals surface area contributed by atoms with E-state index < -0.39 is 34.3 Å². The van der Waals surface area contributed by atoms with Crippen LogP contribution in [0.3, 0.4) is 0 Å². The molecule has 0 amide bonds. The highest BCUT2D eigenvalue weighted by Gasteiger charge is 2.23. The SMILES string of the molecule is CC(C)c1nc2c(F)c(F)c(F)c(F)c2[nH]1. The maximum Gasteiger partial charge on any atom is 0.199 e. The van der Waals surface area contributed by atoms with Gasteiger partial charge in [-0.3, -0.25) is 0 Å². The number of aromatic amines is 1. The van der Waals surface area contributed by atoms with E-state index in [1.54, 1.807) is 13.8 Å². The molecule has 1 aromatic carbocycles. The maximum atomic E-state index is 13.3. The molecule has 0 unspecified atom stereocenters. The summed E-state index contributed by atoms with van der Waals surface area (Å²) in [6.07, 6.45) is 0. The standard InChI is InChI=1S/C10H8F4N2/c1-3(2)10-15-8-6(13)4(11)5(12)7(14)9(8)16-10/h3H,1-2H3,(H,15,16). The lowest BCUT2D eigenvalue weighted by atomic mass is 10.2. The molecule has 0 fully saturated rings. The number of nitrogens with one attached hydrogen (secondary N) is 1. The highest BCUT2D eigenvalue weighted by atomic mass is 19.2. The normalized spacial score (nSPS) is 11.7. The third kappa shape index (κ3) is 1.36. The van der Waals surface area contributed by atoms with Crippen LogP contribution in [0.25, 0.3) is 11.0 Å². The largest absolute Gasteiger partial charge is 0.339 e. The Labute approximate surface area is 88.3 Å². The van der Waals surface area contributed by atoms with Gasteiger partial charge in [-0.25, -0.2) is 22.5 Å². The summed E-state index contributed by atoms with van der Waals surface area (Å²) in [5.74, 6) is -6.45. The van der Waals surface area contributed by atoms with Crippen molar-refractivity contribution in [3.63, 3.8) is 0 Å². The van der Waals surface area contributed by atoms with Crippen molar-refractivity contribution in [2.24, 2.45) is 0 Å². The molecule has 1 aromatic heterocycles. The van der Waals surface area contributed by atoms with Crippen LogP contribution in [0.2, 0.25) is 0 Å². The minimum atomic E-state index is -1.84. The van der Waals surface area contributed by atoms with Crippen molar-refractivity contribution in [2.45, 2.75) is 19.8 Å². The summed E-state index contributed by atoms with van der Waals surface area (Å²) in [6.45, 7) is 3.47. The molecule has 0 saturated carbocycles. The molecule has 0 saturated heterocycles. The van der Waals surface area contributed by atoms with Crippen molar-refractivity contribution >= 4 is 11.0 Å². The van der Waals surface area contributed by atoms with E-state index in [9.17, 15) is 17.6 Å². The summed E-state index contributed by atoms with van der Waals surface area (Å²) in [6, 6.07) is 0. The van der Waals surface area contributed by atoms with E-state index in [1.165, 1.54) is 0 Å². The Hall–Kier alpha value is -1.59. The number of rotatable bonds is 1. The third-order valence-electron chi connectivity index (χ3n) is 2.27. The zero-order chi connectivity index (χ0) is 12.0. The molecule has 2 rings (SSSR count). The van der Waals surface area contributed by atoms with Gasteiger partial charge in [0.15, 0.2) is 23.3 Å². The first-order valence-corrected chi connectivity index (χ1v) is 4.65. The number of fused-ring (bicyclic) bond motifs is 1. The van der Waals surface area contributed by atoms with Gasteiger partial charge in [0.05, 0.1) is 0 Å². The predicted molar refractivity (Wildman–Crippen MR) is 50.0 cm³/mol. The molecule has 86 valence electrons. The van der Waals surface area contributed by atoms with Crippen LogP contribution in [0.5, 0.6) is 0 Å². The first kappa shape index (κ1) is 10.9. The smallest absolute Gasteiger partial charge is 0.199 e. The number of hydrogen-bond donors (Lipinski definition) is 1. The van der Waals surface area contributed by atoms with Gasteiger partial charge < -0.3 is 4.98 Å². The highest BCUT2D eigenvalue weighted by Crippen LogP contribution is 2.26. The summed E-state index contributed by atoms with van der Waals surface area (Å²) < 4.78 is 52.3. The lowest BCUT2D eigenvalue weighted by Crippen LogP contribution is -1.97. The van der Waals surface area contributed by atoms with Crippen molar-refractivity contribution in [1.29, 1.82) is 0 Å². The number of benzene rings is 1. The summed E-state index contributed by atoms with van der Waals surface area (Å²) in [5.41, 5.74) is -0.958. The molecule has 1 N–H and O–H groups in total. The second-order valence-corrected chi connectivity index (χ2v) is 3.76. The summed E-state index contributed by atoms with van der Waals surface area (Å²) in [7, 11) is 0. The monoisotopic (exact) mass is 232 g/mol. The van der Waals surface area contributed by atoms with Gasteiger partial charge in [0.2, 0.25) is 0 Å². The first-order valence-electron chi connectivity index (χ1n) is 4.65. The van der Waals surface area contributed by atoms with Crippen LogP contribution in [0.15, 0.2) is 0 Å². The van der Waals surface area contributed by atoms with Crippen LogP contribution in [0.1, 0.15) is 25.6 Å². The number of halogens is 4. The Balaban J connectivity index is 2.86. The molecule has 1 heterocycles. The van der Waals surface area contributed by atoms with E-state index in [4.69, 9.17) is 0 Å². The molecular formula is C10H8F4N2. The fourth-order valence-corrected chi connectivity index (χ4v) is 1.39. The summed E-state index contributed by atoms with van der Waals surface area (Å²) >= 11 is 0. The molecule has 6 heteroatoms. The lowest BCUT2D eigenvalue weighted by Gasteiger charge is -1.97. The molecule has 0 spiro atoms. The number of aromatic nitrogens is 2. The van der Waals surface area contributed by atoms with Gasteiger partial charge in [-0.05, 0) is 0 Å². The number of imidazole rings is 1. The van der Waals surface area contributed by atoms with Gasteiger partial charge in [-0.15, -0.1) is 0 Å². The molecule has 0 aliphatic rings. The highest BCUT2D eigenvalue weighted by molar-refractivity contribution is 5.76. The van der Waals surface area contributed by atoms with E-state index in [0.29, 0.717) is 0 Å². The Kier molecular flexibility index (Phi) is 2.36. The third-order valence-corrected chi connectivity index (χ3v) is 2.27. The minimum Gasteiger partial charge on any atom is -0.339 e. The Morgan fingerprint density at radius 2 is 1.50 bits per heavy atom. The fraction of sp³-hybridized carbons (Fsp3) is 0.300. The Morgan fingerprint density at radius 3 is 2.06 bits per heavy atom. The van der Waals surface area contributed by atoms with Gasteiger partial charge in [-0.2, -0.15) is 0 Å². The van der Waals surface area contributed by atoms with E-state index in [0.717, 1.165) is 0 Å². The van der Waals surface area contributed by atoms with Crippen molar-refractivity contribution in [3.8, 4) is 0 Å².